The fourth-order valence-corrected chi connectivity index (χ4v) is 0.676. The molecule has 5 nitrogen and oxygen atoms in total. The molecule has 78 valence electrons. The van der Waals surface area contributed by atoms with Gasteiger partial charge in [0.15, 0.2) is 0 Å². The molecule has 1 aromatic rings. The van der Waals surface area contributed by atoms with E-state index in [1.54, 1.807) is 5.10 Å². The van der Waals surface area contributed by atoms with Gasteiger partial charge in [-0.25, -0.2) is 4.79 Å². The lowest BCUT2D eigenvalue weighted by Crippen LogP contribution is -2.09. The highest BCUT2D eigenvalue weighted by molar-refractivity contribution is 5.84. The van der Waals surface area contributed by atoms with Crippen molar-refractivity contribution in [1.82, 2.24) is 15.2 Å². The molecule has 1 rings (SSSR count). The van der Waals surface area contributed by atoms with Gasteiger partial charge < -0.3 is 4.74 Å². The smallest absolute Gasteiger partial charge is 0.451 e. The first-order valence-electron chi connectivity index (χ1n) is 3.62. The number of halogens is 3. The number of hydrogen-bond donors (Lipinski definition) is 1. The van der Waals surface area contributed by atoms with Gasteiger partial charge in [0.05, 0.1) is 6.61 Å². The highest BCUT2D eigenvalue weighted by atomic mass is 19.4. The maximum Gasteiger partial charge on any atom is 0.451 e. The summed E-state index contributed by atoms with van der Waals surface area (Å²) < 4.78 is 40.3. The van der Waals surface area contributed by atoms with Crippen LogP contribution in [0.5, 0.6) is 0 Å². The fourth-order valence-electron chi connectivity index (χ4n) is 0.676. The van der Waals surface area contributed by atoms with Crippen molar-refractivity contribution >= 4 is 5.97 Å². The maximum absolute atomic E-state index is 12.0. The molecule has 8 heteroatoms. The van der Waals surface area contributed by atoms with Crippen LogP contribution in [0.25, 0.3) is 0 Å². The number of H-pyrrole nitrogens is 1. The molecule has 0 radical (unpaired) electrons. The molecule has 1 N–H and O–H groups in total. The van der Waals surface area contributed by atoms with Gasteiger partial charge in [-0.2, -0.15) is 18.2 Å². The Morgan fingerprint density at radius 2 is 2.21 bits per heavy atom. The molecule has 0 bridgehead atoms. The molecule has 0 atom stereocenters. The van der Waals surface area contributed by atoms with Crippen molar-refractivity contribution in [1.29, 1.82) is 0 Å². The Morgan fingerprint density at radius 3 is 2.64 bits per heavy atom. The van der Waals surface area contributed by atoms with E-state index in [1.165, 1.54) is 6.92 Å². The van der Waals surface area contributed by atoms with Crippen LogP contribution in [0.2, 0.25) is 0 Å². The molecule has 0 saturated carbocycles. The summed E-state index contributed by atoms with van der Waals surface area (Å²) in [5.41, 5.74) is 0. The van der Waals surface area contributed by atoms with Crippen LogP contribution < -0.4 is 0 Å². The molecule has 0 fully saturated rings. The van der Waals surface area contributed by atoms with E-state index in [4.69, 9.17) is 0 Å². The number of nitrogens with one attached hydrogen (secondary N) is 1. The number of nitrogens with zero attached hydrogens (tertiary/aromatic N) is 2. The van der Waals surface area contributed by atoms with E-state index in [1.807, 2.05) is 0 Å². The summed E-state index contributed by atoms with van der Waals surface area (Å²) in [5.74, 6) is -2.93. The molecule has 1 heterocycles. The van der Waals surface area contributed by atoms with Crippen molar-refractivity contribution in [3.63, 3.8) is 0 Å². The third-order valence-corrected chi connectivity index (χ3v) is 1.21. The lowest BCUT2D eigenvalue weighted by molar-refractivity contribution is -0.144. The van der Waals surface area contributed by atoms with E-state index in [2.05, 4.69) is 14.8 Å². The number of hydrogen-bond acceptors (Lipinski definition) is 4. The van der Waals surface area contributed by atoms with Gasteiger partial charge in [-0.15, -0.1) is 5.10 Å². The number of ether oxygens (including phenoxy) is 1. The molecule has 0 aliphatic heterocycles. The molecule has 0 aromatic carbocycles. The largest absolute Gasteiger partial charge is 0.460 e. The average Bonchev–Trinajstić information content (AvgIpc) is 2.51. The summed E-state index contributed by atoms with van der Waals surface area (Å²) in [5, 5.41) is 4.67. The van der Waals surface area contributed by atoms with Crippen molar-refractivity contribution in [3.8, 4) is 0 Å². The maximum atomic E-state index is 12.0. The van der Waals surface area contributed by atoms with Crippen LogP contribution in [-0.4, -0.2) is 27.8 Å². The van der Waals surface area contributed by atoms with E-state index >= 15 is 0 Å². The van der Waals surface area contributed by atoms with Gasteiger partial charge in [-0.05, 0) is 6.92 Å². The van der Waals surface area contributed by atoms with Crippen molar-refractivity contribution in [2.24, 2.45) is 0 Å². The van der Waals surface area contributed by atoms with Gasteiger partial charge in [0.2, 0.25) is 5.82 Å². The molecule has 0 aliphatic rings. The lowest BCUT2D eigenvalue weighted by atomic mass is 10.6. The Labute approximate surface area is 76.3 Å². The molecule has 0 saturated heterocycles. The van der Waals surface area contributed by atoms with Gasteiger partial charge in [0.25, 0.3) is 5.82 Å². The predicted molar refractivity (Wildman–Crippen MR) is 37.3 cm³/mol. The minimum Gasteiger partial charge on any atom is -0.460 e. The Kier molecular flexibility index (Phi) is 2.73. The zero-order valence-corrected chi connectivity index (χ0v) is 7.05. The van der Waals surface area contributed by atoms with E-state index in [0.29, 0.717) is 0 Å². The number of alkyl halides is 3. The second-order valence-electron chi connectivity index (χ2n) is 2.23. The monoisotopic (exact) mass is 209 g/mol. The van der Waals surface area contributed by atoms with E-state index in [-0.39, 0.29) is 6.61 Å². The molecule has 0 aliphatic carbocycles. The average molecular weight is 209 g/mol. The summed E-state index contributed by atoms with van der Waals surface area (Å²) in [4.78, 5) is 13.8. The third-order valence-electron chi connectivity index (χ3n) is 1.21. The molecule has 0 spiro atoms. The van der Waals surface area contributed by atoms with Crippen LogP contribution in [0.3, 0.4) is 0 Å². The highest BCUT2D eigenvalue weighted by Gasteiger charge is 2.36. The minimum atomic E-state index is -4.64. The van der Waals surface area contributed by atoms with E-state index < -0.39 is 23.8 Å². The van der Waals surface area contributed by atoms with Crippen molar-refractivity contribution in [3.05, 3.63) is 11.6 Å². The first-order valence-corrected chi connectivity index (χ1v) is 3.62. The molecule has 14 heavy (non-hydrogen) atoms. The highest BCUT2D eigenvalue weighted by Crippen LogP contribution is 2.25. The van der Waals surface area contributed by atoms with Gasteiger partial charge in [-0.1, -0.05) is 0 Å². The number of carbonyl (C=O) groups excluding carboxylic acids is 1. The lowest BCUT2D eigenvalue weighted by Gasteiger charge is -1.98. The van der Waals surface area contributed by atoms with Crippen molar-refractivity contribution < 1.29 is 22.7 Å². The van der Waals surface area contributed by atoms with Gasteiger partial charge in [0, 0.05) is 0 Å². The normalized spacial score (nSPS) is 11.4. The second kappa shape index (κ2) is 3.64. The fraction of sp³-hybridized carbons (Fsp3) is 0.500. The van der Waals surface area contributed by atoms with Gasteiger partial charge in [-0.3, -0.25) is 5.10 Å². The molecule has 0 amide bonds. The first kappa shape index (κ1) is 10.5. The van der Waals surface area contributed by atoms with Crippen LogP contribution in [0, 0.1) is 0 Å². The van der Waals surface area contributed by atoms with Gasteiger partial charge >= 0.3 is 12.1 Å². The molecular weight excluding hydrogens is 203 g/mol. The predicted octanol–water partition coefficient (Wildman–Crippen LogP) is 1.00. The molecule has 0 unspecified atom stereocenters. The van der Waals surface area contributed by atoms with Crippen molar-refractivity contribution in [2.75, 3.05) is 6.61 Å². The Bertz CT molecular complexity index is 333. The Morgan fingerprint density at radius 1 is 1.57 bits per heavy atom. The summed E-state index contributed by atoms with van der Waals surface area (Å²) >= 11 is 0. The van der Waals surface area contributed by atoms with E-state index in [9.17, 15) is 18.0 Å². The quantitative estimate of drug-likeness (QED) is 0.737. The number of aromatic nitrogens is 3. The molecular formula is C6H6F3N3O2. The summed E-state index contributed by atoms with van der Waals surface area (Å²) in [7, 11) is 0. The number of rotatable bonds is 2. The third kappa shape index (κ3) is 2.21. The SMILES string of the molecule is CCOC(=O)c1n[nH]c(C(F)(F)F)n1. The number of aromatic amines is 1. The zero-order chi connectivity index (χ0) is 10.8. The standard InChI is InChI=1S/C6H6F3N3O2/c1-2-14-4(13)3-10-5(12-11-3)6(7,8)9/h2H2,1H3,(H,10,11,12). The van der Waals surface area contributed by atoms with Crippen LogP contribution in [0.4, 0.5) is 13.2 Å². The van der Waals surface area contributed by atoms with Crippen LogP contribution in [0.15, 0.2) is 0 Å². The number of esters is 1. The summed E-state index contributed by atoms with van der Waals surface area (Å²) in [6, 6.07) is 0. The molecule has 1 aromatic heterocycles. The topological polar surface area (TPSA) is 67.9 Å². The Hall–Kier alpha value is -1.60. The van der Waals surface area contributed by atoms with Crippen LogP contribution in [-0.2, 0) is 10.9 Å². The van der Waals surface area contributed by atoms with Crippen LogP contribution >= 0.6 is 0 Å². The van der Waals surface area contributed by atoms with Crippen LogP contribution in [0.1, 0.15) is 23.4 Å². The zero-order valence-electron chi connectivity index (χ0n) is 7.05. The van der Waals surface area contributed by atoms with Crippen molar-refractivity contribution in [2.45, 2.75) is 13.1 Å². The summed E-state index contributed by atoms with van der Waals surface area (Å²) in [6.45, 7) is 1.57. The Balaban J connectivity index is 2.83. The van der Waals surface area contributed by atoms with Gasteiger partial charge in [0.1, 0.15) is 0 Å². The summed E-state index contributed by atoms with van der Waals surface area (Å²) in [6.07, 6.45) is -4.64. The van der Waals surface area contributed by atoms with E-state index in [0.717, 1.165) is 0 Å². The first-order chi connectivity index (χ1) is 6.45. The number of carbonyl (C=O) groups is 1. The minimum absolute atomic E-state index is 0.0503. The second-order valence-corrected chi connectivity index (χ2v) is 2.23.